The summed E-state index contributed by atoms with van der Waals surface area (Å²) in [6, 6.07) is 3.44. The van der Waals surface area contributed by atoms with E-state index < -0.39 is 0 Å². The Morgan fingerprint density at radius 3 is 2.94 bits per heavy atom. The maximum absolute atomic E-state index is 11.7. The van der Waals surface area contributed by atoms with Crippen LogP contribution in [-0.4, -0.2) is 15.6 Å². The van der Waals surface area contributed by atoms with E-state index in [2.05, 4.69) is 5.10 Å². The molecule has 0 fully saturated rings. The summed E-state index contributed by atoms with van der Waals surface area (Å²) in [6.45, 7) is 0. The molecule has 0 radical (unpaired) electrons. The molecule has 82 valence electrons. The van der Waals surface area contributed by atoms with Crippen molar-refractivity contribution in [1.82, 2.24) is 9.78 Å². The fraction of sp³-hybridized carbons (Fsp3) is 0.0909. The van der Waals surface area contributed by atoms with E-state index in [-0.39, 0.29) is 5.78 Å². The van der Waals surface area contributed by atoms with Crippen LogP contribution in [0.15, 0.2) is 30.6 Å². The summed E-state index contributed by atoms with van der Waals surface area (Å²) in [5.41, 5.74) is 0.901. The molecule has 0 saturated carbocycles. The van der Waals surface area contributed by atoms with E-state index in [4.69, 9.17) is 11.6 Å². The van der Waals surface area contributed by atoms with E-state index in [1.807, 2.05) is 13.2 Å². The molecule has 3 nitrogen and oxygen atoms in total. The van der Waals surface area contributed by atoms with Crippen molar-refractivity contribution >= 4 is 34.8 Å². The van der Waals surface area contributed by atoms with Gasteiger partial charge in [-0.1, -0.05) is 11.6 Å². The summed E-state index contributed by atoms with van der Waals surface area (Å²) < 4.78 is 2.31. The van der Waals surface area contributed by atoms with Gasteiger partial charge < -0.3 is 0 Å². The first-order chi connectivity index (χ1) is 7.65. The van der Waals surface area contributed by atoms with Crippen LogP contribution in [0.1, 0.15) is 15.2 Å². The highest BCUT2D eigenvalue weighted by molar-refractivity contribution is 7.18. The second-order valence-electron chi connectivity index (χ2n) is 3.25. The second kappa shape index (κ2) is 4.63. The maximum atomic E-state index is 11.7. The van der Waals surface area contributed by atoms with E-state index in [1.54, 1.807) is 29.1 Å². The molecule has 16 heavy (non-hydrogen) atoms. The predicted molar refractivity (Wildman–Crippen MR) is 65.9 cm³/mol. The number of halogens is 1. The van der Waals surface area contributed by atoms with Crippen molar-refractivity contribution in [2.24, 2.45) is 7.05 Å². The Morgan fingerprint density at radius 2 is 2.38 bits per heavy atom. The number of carbonyl (C=O) groups excluding carboxylic acids is 1. The third-order valence-corrected chi connectivity index (χ3v) is 3.21. The quantitative estimate of drug-likeness (QED) is 0.622. The van der Waals surface area contributed by atoms with Crippen molar-refractivity contribution in [3.8, 4) is 0 Å². The van der Waals surface area contributed by atoms with Gasteiger partial charge in [-0.15, -0.1) is 11.3 Å². The molecule has 2 aromatic heterocycles. The first kappa shape index (κ1) is 11.1. The lowest BCUT2D eigenvalue weighted by Crippen LogP contribution is -1.88. The van der Waals surface area contributed by atoms with E-state index in [0.717, 1.165) is 5.56 Å². The van der Waals surface area contributed by atoms with Gasteiger partial charge in [-0.2, -0.15) is 5.10 Å². The summed E-state index contributed by atoms with van der Waals surface area (Å²) >= 11 is 7.03. The molecule has 5 heteroatoms. The highest BCUT2D eigenvalue weighted by atomic mass is 35.5. The number of carbonyl (C=O) groups is 1. The summed E-state index contributed by atoms with van der Waals surface area (Å²) in [6.07, 6.45) is 6.80. The van der Waals surface area contributed by atoms with Crippen molar-refractivity contribution in [3.63, 3.8) is 0 Å². The Morgan fingerprint density at radius 1 is 1.56 bits per heavy atom. The standard InChI is InChI=1S/C11H9ClN2OS/c1-14-7-8(6-13-14)2-3-9(15)10-4-5-11(12)16-10/h2-7H,1H3. The van der Waals surface area contributed by atoms with Gasteiger partial charge in [-0.3, -0.25) is 9.48 Å². The minimum atomic E-state index is -0.0410. The van der Waals surface area contributed by atoms with Gasteiger partial charge >= 0.3 is 0 Å². The number of aryl methyl sites for hydroxylation is 1. The molecule has 0 amide bonds. The number of thiophene rings is 1. The molecule has 0 unspecified atom stereocenters. The predicted octanol–water partition coefficient (Wildman–Crippen LogP) is 3.03. The largest absolute Gasteiger partial charge is 0.288 e. The zero-order chi connectivity index (χ0) is 11.5. The topological polar surface area (TPSA) is 34.9 Å². The molecule has 0 aromatic carbocycles. The molecule has 0 N–H and O–H groups in total. The summed E-state index contributed by atoms with van der Waals surface area (Å²) in [5.74, 6) is -0.0410. The molecule has 2 heterocycles. The van der Waals surface area contributed by atoms with Crippen LogP contribution in [0, 0.1) is 0 Å². The van der Waals surface area contributed by atoms with Gasteiger partial charge in [-0.25, -0.2) is 0 Å². The molecule has 0 aliphatic rings. The minimum Gasteiger partial charge on any atom is -0.288 e. The Hall–Kier alpha value is -1.39. The lowest BCUT2D eigenvalue weighted by molar-refractivity contribution is 0.105. The van der Waals surface area contributed by atoms with Gasteiger partial charge in [0.05, 0.1) is 15.4 Å². The highest BCUT2D eigenvalue weighted by Gasteiger charge is 2.04. The second-order valence-corrected chi connectivity index (χ2v) is 4.96. The lowest BCUT2D eigenvalue weighted by atomic mass is 10.2. The Labute approximate surface area is 102 Å². The lowest BCUT2D eigenvalue weighted by Gasteiger charge is -1.87. The van der Waals surface area contributed by atoms with Crippen molar-refractivity contribution in [2.75, 3.05) is 0 Å². The maximum Gasteiger partial charge on any atom is 0.195 e. The number of nitrogens with zero attached hydrogens (tertiary/aromatic N) is 2. The number of hydrogen-bond acceptors (Lipinski definition) is 3. The third-order valence-electron chi connectivity index (χ3n) is 1.97. The van der Waals surface area contributed by atoms with Crippen LogP contribution in [0.2, 0.25) is 4.34 Å². The number of allylic oxidation sites excluding steroid dienone is 1. The van der Waals surface area contributed by atoms with Gasteiger partial charge in [0.1, 0.15) is 0 Å². The first-order valence-corrected chi connectivity index (χ1v) is 5.81. The van der Waals surface area contributed by atoms with Crippen molar-refractivity contribution in [1.29, 1.82) is 0 Å². The molecular weight excluding hydrogens is 244 g/mol. The van der Waals surface area contributed by atoms with E-state index in [9.17, 15) is 4.79 Å². The Balaban J connectivity index is 2.10. The minimum absolute atomic E-state index is 0.0410. The van der Waals surface area contributed by atoms with Crippen LogP contribution in [0.4, 0.5) is 0 Å². The third kappa shape index (κ3) is 2.59. The smallest absolute Gasteiger partial charge is 0.195 e. The fourth-order valence-electron chi connectivity index (χ4n) is 1.23. The van der Waals surface area contributed by atoms with Crippen LogP contribution in [0.3, 0.4) is 0 Å². The molecule has 0 spiro atoms. The van der Waals surface area contributed by atoms with Crippen LogP contribution in [0.25, 0.3) is 6.08 Å². The molecule has 2 aromatic rings. The van der Waals surface area contributed by atoms with Crippen molar-refractivity contribution in [3.05, 3.63) is 45.4 Å². The van der Waals surface area contributed by atoms with Crippen LogP contribution in [-0.2, 0) is 7.05 Å². The molecule has 0 saturated heterocycles. The first-order valence-electron chi connectivity index (χ1n) is 4.61. The fourth-order valence-corrected chi connectivity index (χ4v) is 2.19. The number of aromatic nitrogens is 2. The van der Waals surface area contributed by atoms with E-state index in [0.29, 0.717) is 9.21 Å². The van der Waals surface area contributed by atoms with Gasteiger partial charge in [-0.05, 0) is 24.3 Å². The monoisotopic (exact) mass is 252 g/mol. The average Bonchev–Trinajstić information content (AvgIpc) is 2.84. The highest BCUT2D eigenvalue weighted by Crippen LogP contribution is 2.22. The van der Waals surface area contributed by atoms with Crippen LogP contribution < -0.4 is 0 Å². The van der Waals surface area contributed by atoms with Crippen molar-refractivity contribution < 1.29 is 4.79 Å². The average molecular weight is 253 g/mol. The molecule has 0 aliphatic carbocycles. The molecule has 0 aliphatic heterocycles. The van der Waals surface area contributed by atoms with Crippen LogP contribution in [0.5, 0.6) is 0 Å². The molecule has 2 rings (SSSR count). The molecule has 0 atom stereocenters. The van der Waals surface area contributed by atoms with E-state index >= 15 is 0 Å². The molecule has 0 bridgehead atoms. The summed E-state index contributed by atoms with van der Waals surface area (Å²) in [5, 5.41) is 4.01. The number of ketones is 1. The Kier molecular flexibility index (Phi) is 3.22. The van der Waals surface area contributed by atoms with Gasteiger partial charge in [0.15, 0.2) is 5.78 Å². The van der Waals surface area contributed by atoms with Gasteiger partial charge in [0, 0.05) is 18.8 Å². The zero-order valence-corrected chi connectivity index (χ0v) is 10.1. The summed E-state index contributed by atoms with van der Waals surface area (Å²) in [7, 11) is 1.83. The van der Waals surface area contributed by atoms with Crippen LogP contribution >= 0.6 is 22.9 Å². The molecular formula is C11H9ClN2OS. The SMILES string of the molecule is Cn1cc(C=CC(=O)c2ccc(Cl)s2)cn1. The Bertz CT molecular complexity index is 542. The van der Waals surface area contributed by atoms with Gasteiger partial charge in [0.25, 0.3) is 0 Å². The van der Waals surface area contributed by atoms with E-state index in [1.165, 1.54) is 17.4 Å². The van der Waals surface area contributed by atoms with Gasteiger partial charge in [0.2, 0.25) is 0 Å². The zero-order valence-electron chi connectivity index (χ0n) is 8.55. The summed E-state index contributed by atoms with van der Waals surface area (Å²) in [4.78, 5) is 12.3. The number of rotatable bonds is 3. The number of hydrogen-bond donors (Lipinski definition) is 0. The van der Waals surface area contributed by atoms with Crippen molar-refractivity contribution in [2.45, 2.75) is 0 Å². The normalized spacial score (nSPS) is 11.1.